The van der Waals surface area contributed by atoms with Crippen molar-refractivity contribution in [2.24, 2.45) is 5.73 Å². The van der Waals surface area contributed by atoms with Gasteiger partial charge < -0.3 is 15.0 Å². The summed E-state index contributed by atoms with van der Waals surface area (Å²) < 4.78 is 42.0. The Hall–Kier alpha value is -1.15. The molecule has 0 bridgehead atoms. The van der Waals surface area contributed by atoms with E-state index < -0.39 is 12.8 Å². The van der Waals surface area contributed by atoms with Crippen molar-refractivity contribution in [3.63, 3.8) is 0 Å². The fourth-order valence-electron chi connectivity index (χ4n) is 1.77. The van der Waals surface area contributed by atoms with Crippen molar-refractivity contribution >= 4 is 0 Å². The molecule has 1 aliphatic rings. The molecule has 8 heteroatoms. The van der Waals surface area contributed by atoms with Crippen molar-refractivity contribution in [2.45, 2.75) is 38.2 Å². The molecule has 1 aliphatic heterocycles. The molecule has 2 rings (SSSR count). The molecule has 0 aromatic carbocycles. The van der Waals surface area contributed by atoms with Crippen LogP contribution in [0.5, 0.6) is 0 Å². The van der Waals surface area contributed by atoms with E-state index in [9.17, 15) is 13.2 Å². The van der Waals surface area contributed by atoms with Crippen LogP contribution in [-0.4, -0.2) is 33.6 Å². The Morgan fingerprint density at radius 1 is 1.41 bits per heavy atom. The van der Waals surface area contributed by atoms with Crippen LogP contribution >= 0.6 is 0 Å². The van der Waals surface area contributed by atoms with Gasteiger partial charge in [0, 0.05) is 19.0 Å². The predicted octanol–water partition coefficient (Wildman–Crippen LogP) is 0.630. The highest BCUT2D eigenvalue weighted by Crippen LogP contribution is 2.17. The Balaban J connectivity index is 1.96. The summed E-state index contributed by atoms with van der Waals surface area (Å²) >= 11 is 0. The highest BCUT2D eigenvalue weighted by atomic mass is 19.4. The van der Waals surface area contributed by atoms with Gasteiger partial charge in [0.15, 0.2) is 5.82 Å². The number of nitrogens with two attached hydrogens (primary N) is 1. The standard InChI is InChI=1S/C9H13F3N4O/c10-9(11,12)5-17-4-8-15-14-7-2-1-6(13)3-16(7)8/h6H,1-5,13H2. The second-order valence-electron chi connectivity index (χ2n) is 4.05. The Labute approximate surface area is 95.8 Å². The van der Waals surface area contributed by atoms with Gasteiger partial charge in [-0.3, -0.25) is 0 Å². The first kappa shape index (κ1) is 12.3. The molecule has 0 fully saturated rings. The van der Waals surface area contributed by atoms with Crippen LogP contribution in [0.15, 0.2) is 0 Å². The second-order valence-corrected chi connectivity index (χ2v) is 4.05. The number of hydrogen-bond donors (Lipinski definition) is 1. The van der Waals surface area contributed by atoms with Crippen LogP contribution in [0.4, 0.5) is 13.2 Å². The summed E-state index contributed by atoms with van der Waals surface area (Å²) in [5, 5.41) is 7.72. The van der Waals surface area contributed by atoms with Crippen molar-refractivity contribution < 1.29 is 17.9 Å². The van der Waals surface area contributed by atoms with Gasteiger partial charge in [-0.15, -0.1) is 10.2 Å². The second kappa shape index (κ2) is 4.61. The molecule has 0 aliphatic carbocycles. The minimum absolute atomic E-state index is 0.000124. The summed E-state index contributed by atoms with van der Waals surface area (Å²) in [7, 11) is 0. The first-order valence-corrected chi connectivity index (χ1v) is 5.27. The van der Waals surface area contributed by atoms with Crippen LogP contribution in [-0.2, 0) is 24.3 Å². The van der Waals surface area contributed by atoms with E-state index in [1.54, 1.807) is 4.57 Å². The average Bonchev–Trinajstić information content (AvgIpc) is 2.59. The van der Waals surface area contributed by atoms with Crippen molar-refractivity contribution in [2.75, 3.05) is 6.61 Å². The smallest absolute Gasteiger partial charge is 0.364 e. The number of halogens is 3. The van der Waals surface area contributed by atoms with Crippen molar-refractivity contribution in [3.05, 3.63) is 11.6 Å². The quantitative estimate of drug-likeness (QED) is 0.854. The number of rotatable bonds is 3. The Morgan fingerprint density at radius 3 is 2.88 bits per heavy atom. The lowest BCUT2D eigenvalue weighted by Gasteiger charge is -2.20. The molecule has 96 valence electrons. The predicted molar refractivity (Wildman–Crippen MR) is 52.0 cm³/mol. The van der Waals surface area contributed by atoms with Crippen LogP contribution < -0.4 is 5.73 Å². The van der Waals surface area contributed by atoms with E-state index in [4.69, 9.17) is 5.73 Å². The highest BCUT2D eigenvalue weighted by Gasteiger charge is 2.28. The third-order valence-electron chi connectivity index (χ3n) is 2.56. The van der Waals surface area contributed by atoms with Gasteiger partial charge in [-0.2, -0.15) is 13.2 Å². The van der Waals surface area contributed by atoms with Crippen LogP contribution in [0.2, 0.25) is 0 Å². The zero-order valence-corrected chi connectivity index (χ0v) is 9.07. The SMILES string of the molecule is NC1CCc2nnc(COCC(F)(F)F)n2C1. The molecule has 1 unspecified atom stereocenters. The molecular formula is C9H13F3N4O. The minimum atomic E-state index is -4.32. The molecule has 1 aromatic heterocycles. The van der Waals surface area contributed by atoms with E-state index in [-0.39, 0.29) is 12.6 Å². The zero-order chi connectivity index (χ0) is 12.5. The Morgan fingerprint density at radius 2 is 2.18 bits per heavy atom. The van der Waals surface area contributed by atoms with Crippen LogP contribution in [0.25, 0.3) is 0 Å². The van der Waals surface area contributed by atoms with Gasteiger partial charge in [-0.25, -0.2) is 0 Å². The molecule has 0 saturated carbocycles. The zero-order valence-electron chi connectivity index (χ0n) is 9.07. The molecule has 0 saturated heterocycles. The summed E-state index contributed by atoms with van der Waals surface area (Å²) in [6.07, 6.45) is -2.80. The van der Waals surface area contributed by atoms with E-state index >= 15 is 0 Å². The fraction of sp³-hybridized carbons (Fsp3) is 0.778. The first-order valence-electron chi connectivity index (χ1n) is 5.27. The number of aromatic nitrogens is 3. The number of nitrogens with zero attached hydrogens (tertiary/aromatic N) is 3. The van der Waals surface area contributed by atoms with Gasteiger partial charge >= 0.3 is 6.18 Å². The van der Waals surface area contributed by atoms with Crippen LogP contribution in [0.1, 0.15) is 18.1 Å². The van der Waals surface area contributed by atoms with Gasteiger partial charge in [0.05, 0.1) is 0 Å². The molecule has 5 nitrogen and oxygen atoms in total. The molecule has 1 aromatic rings. The largest absolute Gasteiger partial charge is 0.411 e. The number of ether oxygens (including phenoxy) is 1. The van der Waals surface area contributed by atoms with E-state index in [1.807, 2.05) is 0 Å². The number of fused-ring (bicyclic) bond motifs is 1. The van der Waals surface area contributed by atoms with Crippen LogP contribution in [0, 0.1) is 0 Å². The monoisotopic (exact) mass is 250 g/mol. The summed E-state index contributed by atoms with van der Waals surface area (Å²) in [4.78, 5) is 0. The highest BCUT2D eigenvalue weighted by molar-refractivity contribution is 5.00. The summed E-state index contributed by atoms with van der Waals surface area (Å²) in [5.41, 5.74) is 5.78. The van der Waals surface area contributed by atoms with E-state index in [1.165, 1.54) is 0 Å². The average molecular weight is 250 g/mol. The molecular weight excluding hydrogens is 237 g/mol. The van der Waals surface area contributed by atoms with Crippen molar-refractivity contribution in [1.29, 1.82) is 0 Å². The molecule has 2 N–H and O–H groups in total. The van der Waals surface area contributed by atoms with Gasteiger partial charge in [0.2, 0.25) is 0 Å². The molecule has 17 heavy (non-hydrogen) atoms. The maximum Gasteiger partial charge on any atom is 0.411 e. The fourth-order valence-corrected chi connectivity index (χ4v) is 1.77. The van der Waals surface area contributed by atoms with Gasteiger partial charge in [0.25, 0.3) is 0 Å². The van der Waals surface area contributed by atoms with Crippen molar-refractivity contribution in [3.8, 4) is 0 Å². The van der Waals surface area contributed by atoms with E-state index in [0.29, 0.717) is 18.8 Å². The lowest BCUT2D eigenvalue weighted by Crippen LogP contribution is -2.33. The third-order valence-corrected chi connectivity index (χ3v) is 2.56. The topological polar surface area (TPSA) is 66.0 Å². The molecule has 0 amide bonds. The minimum Gasteiger partial charge on any atom is -0.364 e. The molecule has 0 spiro atoms. The van der Waals surface area contributed by atoms with E-state index in [0.717, 1.165) is 12.2 Å². The normalized spacial score (nSPS) is 20.4. The maximum absolute atomic E-state index is 11.9. The maximum atomic E-state index is 11.9. The van der Waals surface area contributed by atoms with E-state index in [2.05, 4.69) is 14.9 Å². The lowest BCUT2D eigenvalue weighted by atomic mass is 10.1. The first-order chi connectivity index (χ1) is 7.96. The molecule has 2 heterocycles. The number of alkyl halides is 3. The van der Waals surface area contributed by atoms with Crippen LogP contribution in [0.3, 0.4) is 0 Å². The third kappa shape index (κ3) is 3.16. The van der Waals surface area contributed by atoms with Gasteiger partial charge in [0.1, 0.15) is 19.0 Å². The van der Waals surface area contributed by atoms with Gasteiger partial charge in [-0.1, -0.05) is 0 Å². The number of aryl methyl sites for hydroxylation is 1. The number of hydrogen-bond acceptors (Lipinski definition) is 4. The van der Waals surface area contributed by atoms with Crippen molar-refractivity contribution in [1.82, 2.24) is 14.8 Å². The Bertz CT molecular complexity index is 390. The lowest BCUT2D eigenvalue weighted by molar-refractivity contribution is -0.177. The summed E-state index contributed by atoms with van der Waals surface area (Å²) in [5.74, 6) is 1.16. The Kier molecular flexibility index (Phi) is 3.34. The summed E-state index contributed by atoms with van der Waals surface area (Å²) in [6, 6.07) is -0.000124. The molecule has 1 atom stereocenters. The van der Waals surface area contributed by atoms with Gasteiger partial charge in [-0.05, 0) is 6.42 Å². The summed E-state index contributed by atoms with van der Waals surface area (Å²) in [6.45, 7) is -0.937. The molecule has 0 radical (unpaired) electrons.